The van der Waals surface area contributed by atoms with Crippen molar-refractivity contribution in [2.75, 3.05) is 12.9 Å². The van der Waals surface area contributed by atoms with Gasteiger partial charge in [-0.05, 0) is 41.4 Å². The van der Waals surface area contributed by atoms with Crippen LogP contribution in [0.2, 0.25) is 0 Å². The Morgan fingerprint density at radius 3 is 2.74 bits per heavy atom. The minimum atomic E-state index is -1.05. The van der Waals surface area contributed by atoms with E-state index in [-0.39, 0.29) is 11.3 Å². The minimum absolute atomic E-state index is 0.0567. The number of pyridine rings is 1. The lowest BCUT2D eigenvalue weighted by Gasteiger charge is -2.14. The molecular weight excluding hydrogens is 362 g/mol. The van der Waals surface area contributed by atoms with E-state index >= 15 is 0 Å². The van der Waals surface area contributed by atoms with Crippen LogP contribution in [0, 0.1) is 5.92 Å². The Hall–Kier alpha value is -2.38. The molecule has 0 N–H and O–H groups in total. The molecule has 0 amide bonds. The molecule has 2 aromatic heterocycles. The van der Waals surface area contributed by atoms with Gasteiger partial charge in [0.05, 0.1) is 19.1 Å². The maximum atomic E-state index is 12.5. The van der Waals surface area contributed by atoms with Crippen LogP contribution in [0.15, 0.2) is 41.5 Å². The zero-order valence-corrected chi connectivity index (χ0v) is 16.2. The molecule has 0 bridgehead atoms. The molecule has 1 aromatic carbocycles. The lowest BCUT2D eigenvalue weighted by molar-refractivity contribution is 0.298. The Kier molecular flexibility index (Phi) is 4.88. The van der Waals surface area contributed by atoms with Crippen LogP contribution in [0.25, 0.3) is 22.0 Å². The molecule has 7 heteroatoms. The number of fused-ring (bicyclic) bond motifs is 1. The first kappa shape index (κ1) is 18.0. The molecule has 0 saturated heterocycles. The van der Waals surface area contributed by atoms with E-state index in [0.717, 1.165) is 10.9 Å². The molecule has 140 valence electrons. The number of hydrogen-bond donors (Lipinski definition) is 0. The molecule has 6 nitrogen and oxygen atoms in total. The average molecular weight is 383 g/mol. The number of aromatic nitrogens is 3. The molecule has 1 unspecified atom stereocenters. The molecule has 1 atom stereocenters. The van der Waals surface area contributed by atoms with Gasteiger partial charge in [-0.1, -0.05) is 18.2 Å². The summed E-state index contributed by atoms with van der Waals surface area (Å²) in [5.41, 5.74) is 1.39. The number of ether oxygens (including phenoxy) is 1. The van der Waals surface area contributed by atoms with Crippen LogP contribution < -0.4 is 10.3 Å². The standard InChI is InChI=1S/C20H21N3O3S/c1-23-10-16(14-5-3-4-6-15(14)20(23)24)19-17(26-11-13-7-8-13)9-21-18(22-19)12-27(2)25/h3-6,9-10,13H,7-8,11-12H2,1-2H3. The van der Waals surface area contributed by atoms with Crippen molar-refractivity contribution >= 4 is 21.9 Å². The second-order valence-corrected chi connectivity index (χ2v) is 8.41. The van der Waals surface area contributed by atoms with E-state index in [1.54, 1.807) is 30.3 Å². The van der Waals surface area contributed by atoms with Crippen molar-refractivity contribution in [2.24, 2.45) is 13.0 Å². The van der Waals surface area contributed by atoms with Crippen molar-refractivity contribution in [1.29, 1.82) is 0 Å². The van der Waals surface area contributed by atoms with Gasteiger partial charge in [0, 0.05) is 24.2 Å². The zero-order valence-electron chi connectivity index (χ0n) is 15.3. The third-order valence-electron chi connectivity index (χ3n) is 4.65. The second-order valence-electron chi connectivity index (χ2n) is 6.98. The van der Waals surface area contributed by atoms with Crippen LogP contribution >= 0.6 is 0 Å². The van der Waals surface area contributed by atoms with Crippen LogP contribution in [-0.2, 0) is 24.0 Å². The van der Waals surface area contributed by atoms with Gasteiger partial charge in [-0.25, -0.2) is 9.97 Å². The first-order chi connectivity index (χ1) is 13.0. The van der Waals surface area contributed by atoms with Gasteiger partial charge in [0.15, 0.2) is 17.3 Å². The first-order valence-electron chi connectivity index (χ1n) is 8.90. The van der Waals surface area contributed by atoms with Gasteiger partial charge < -0.3 is 13.9 Å². The smallest absolute Gasteiger partial charge is 0.258 e. The van der Waals surface area contributed by atoms with Crippen LogP contribution in [0.5, 0.6) is 5.75 Å². The Balaban J connectivity index is 1.88. The van der Waals surface area contributed by atoms with Gasteiger partial charge in [0.1, 0.15) is 5.69 Å². The molecule has 27 heavy (non-hydrogen) atoms. The van der Waals surface area contributed by atoms with Gasteiger partial charge in [0.2, 0.25) is 0 Å². The fourth-order valence-electron chi connectivity index (χ4n) is 3.05. The van der Waals surface area contributed by atoms with E-state index in [0.29, 0.717) is 35.2 Å². The Labute approximate surface area is 160 Å². The zero-order chi connectivity index (χ0) is 19.0. The van der Waals surface area contributed by atoms with Crippen LogP contribution in [0.4, 0.5) is 0 Å². The van der Waals surface area contributed by atoms with Crippen molar-refractivity contribution in [3.05, 3.63) is 52.8 Å². The van der Waals surface area contributed by atoms with Crippen LogP contribution in [0.3, 0.4) is 0 Å². The average Bonchev–Trinajstić information content (AvgIpc) is 3.47. The van der Waals surface area contributed by atoms with Gasteiger partial charge >= 0.3 is 0 Å². The van der Waals surface area contributed by atoms with Crippen LogP contribution in [-0.4, -0.2) is 32.0 Å². The molecule has 1 aliphatic rings. The molecule has 1 fully saturated rings. The van der Waals surface area contributed by atoms with E-state index in [2.05, 4.69) is 9.97 Å². The largest absolute Gasteiger partial charge is 0.616 e. The van der Waals surface area contributed by atoms with Crippen molar-refractivity contribution in [3.63, 3.8) is 0 Å². The Bertz CT molecular complexity index is 1040. The Morgan fingerprint density at radius 1 is 1.30 bits per heavy atom. The summed E-state index contributed by atoms with van der Waals surface area (Å²) in [6.45, 7) is 0.638. The lowest BCUT2D eigenvalue weighted by atomic mass is 10.0. The third kappa shape index (κ3) is 3.84. The van der Waals surface area contributed by atoms with E-state index in [1.807, 2.05) is 24.3 Å². The fraction of sp³-hybridized carbons (Fsp3) is 0.350. The summed E-state index contributed by atoms with van der Waals surface area (Å²) < 4.78 is 19.2. The lowest BCUT2D eigenvalue weighted by Crippen LogP contribution is -2.17. The first-order valence-corrected chi connectivity index (χ1v) is 10.6. The molecule has 1 saturated carbocycles. The van der Waals surface area contributed by atoms with Gasteiger partial charge in [0.25, 0.3) is 5.56 Å². The molecule has 0 spiro atoms. The highest BCUT2D eigenvalue weighted by molar-refractivity contribution is 7.89. The summed E-state index contributed by atoms with van der Waals surface area (Å²) in [6.07, 6.45) is 7.44. The van der Waals surface area contributed by atoms with Gasteiger partial charge in [-0.3, -0.25) is 4.79 Å². The molecule has 0 radical (unpaired) electrons. The summed E-state index contributed by atoms with van der Waals surface area (Å²) in [5.74, 6) is 1.97. The topological polar surface area (TPSA) is 80.1 Å². The third-order valence-corrected chi connectivity index (χ3v) is 5.32. The van der Waals surface area contributed by atoms with Gasteiger partial charge in [-0.15, -0.1) is 0 Å². The van der Waals surface area contributed by atoms with E-state index < -0.39 is 11.2 Å². The van der Waals surface area contributed by atoms with Crippen molar-refractivity contribution in [2.45, 2.75) is 18.6 Å². The molecule has 4 rings (SSSR count). The van der Waals surface area contributed by atoms with Crippen molar-refractivity contribution in [3.8, 4) is 17.0 Å². The van der Waals surface area contributed by atoms with Crippen molar-refractivity contribution in [1.82, 2.24) is 14.5 Å². The fourth-order valence-corrected chi connectivity index (χ4v) is 3.56. The number of nitrogens with zero attached hydrogens (tertiary/aromatic N) is 3. The number of rotatable bonds is 6. The number of aryl methyl sites for hydroxylation is 1. The highest BCUT2D eigenvalue weighted by Gasteiger charge is 2.24. The highest BCUT2D eigenvalue weighted by Crippen LogP contribution is 2.35. The summed E-state index contributed by atoms with van der Waals surface area (Å²) in [4.78, 5) is 21.5. The molecular formula is C20H21N3O3S. The normalized spacial score (nSPS) is 15.1. The second kappa shape index (κ2) is 7.32. The predicted octanol–water partition coefficient (Wildman–Crippen LogP) is 2.66. The summed E-state index contributed by atoms with van der Waals surface area (Å²) >= 11 is -1.05. The molecule has 0 aliphatic heterocycles. The number of benzene rings is 1. The van der Waals surface area contributed by atoms with E-state index in [1.165, 1.54) is 12.8 Å². The maximum absolute atomic E-state index is 12.5. The van der Waals surface area contributed by atoms with Crippen molar-refractivity contribution < 1.29 is 9.29 Å². The molecule has 3 aromatic rings. The predicted molar refractivity (Wildman–Crippen MR) is 106 cm³/mol. The van der Waals surface area contributed by atoms with Gasteiger partial charge in [-0.2, -0.15) is 0 Å². The quantitative estimate of drug-likeness (QED) is 0.612. The molecule has 1 aliphatic carbocycles. The summed E-state index contributed by atoms with van der Waals surface area (Å²) in [7, 11) is 1.73. The number of hydrogen-bond acceptors (Lipinski definition) is 5. The molecule has 2 heterocycles. The summed E-state index contributed by atoms with van der Waals surface area (Å²) in [6, 6.07) is 7.48. The minimum Gasteiger partial charge on any atom is -0.616 e. The van der Waals surface area contributed by atoms with E-state index in [9.17, 15) is 9.35 Å². The van der Waals surface area contributed by atoms with E-state index in [4.69, 9.17) is 4.74 Å². The summed E-state index contributed by atoms with van der Waals surface area (Å²) in [5, 5.41) is 1.45. The van der Waals surface area contributed by atoms with Crippen LogP contribution in [0.1, 0.15) is 18.7 Å². The Morgan fingerprint density at radius 2 is 2.04 bits per heavy atom. The maximum Gasteiger partial charge on any atom is 0.258 e. The highest BCUT2D eigenvalue weighted by atomic mass is 32.2. The monoisotopic (exact) mass is 383 g/mol. The SMILES string of the molecule is Cn1cc(-c2nc(C[S+](C)[O-])ncc2OCC2CC2)c2ccccc2c1=O.